The van der Waals surface area contributed by atoms with Gasteiger partial charge in [-0.15, -0.1) is 0 Å². The first kappa shape index (κ1) is 17.3. The Balaban J connectivity index is 1.91. The average molecular weight is 328 g/mol. The molecule has 3 N–H and O–H groups in total. The van der Waals surface area contributed by atoms with Gasteiger partial charge >= 0.3 is 5.97 Å². The first-order valence-electron chi connectivity index (χ1n) is 7.60. The molecule has 0 aromatic heterocycles. The number of nitrogen functional groups attached to an aromatic ring is 1. The lowest BCUT2D eigenvalue weighted by atomic mass is 10.2. The lowest BCUT2D eigenvalue weighted by molar-refractivity contribution is -0.123. The Hall–Kier alpha value is -3.02. The first-order chi connectivity index (χ1) is 11.5. The van der Waals surface area contributed by atoms with Crippen LogP contribution < -0.4 is 15.8 Å². The van der Waals surface area contributed by atoms with Crippen LogP contribution in [-0.4, -0.2) is 24.6 Å². The summed E-state index contributed by atoms with van der Waals surface area (Å²) in [7, 11) is 0. The van der Waals surface area contributed by atoms with Gasteiger partial charge in [0.05, 0.1) is 12.2 Å². The maximum absolute atomic E-state index is 12.1. The van der Waals surface area contributed by atoms with Crippen molar-refractivity contribution in [1.82, 2.24) is 0 Å². The standard InChI is InChI=1S/C18H20N2O4/c1-3-23-16-10-8-15(9-11-16)20-17(21)12(2)24-18(22)13-4-6-14(19)7-5-13/h4-12H,3,19H2,1-2H3,(H,20,21). The van der Waals surface area contributed by atoms with Gasteiger partial charge in [0.2, 0.25) is 0 Å². The molecule has 0 radical (unpaired) electrons. The Bertz CT molecular complexity index is 696. The van der Waals surface area contributed by atoms with E-state index in [1.54, 1.807) is 48.5 Å². The van der Waals surface area contributed by atoms with Gasteiger partial charge in [-0.2, -0.15) is 0 Å². The molecule has 0 aliphatic carbocycles. The van der Waals surface area contributed by atoms with Crippen LogP contribution in [-0.2, 0) is 9.53 Å². The van der Waals surface area contributed by atoms with Gasteiger partial charge in [-0.1, -0.05) is 0 Å². The SMILES string of the molecule is CCOc1ccc(NC(=O)C(C)OC(=O)c2ccc(N)cc2)cc1. The predicted molar refractivity (Wildman–Crippen MR) is 92.0 cm³/mol. The number of benzene rings is 2. The molecule has 6 heteroatoms. The molecule has 0 heterocycles. The van der Waals surface area contributed by atoms with Crippen molar-refractivity contribution in [3.05, 3.63) is 54.1 Å². The monoisotopic (exact) mass is 328 g/mol. The van der Waals surface area contributed by atoms with Gasteiger partial charge in [-0.25, -0.2) is 4.79 Å². The van der Waals surface area contributed by atoms with Gasteiger partial charge in [0.25, 0.3) is 5.91 Å². The zero-order valence-electron chi connectivity index (χ0n) is 13.6. The second-order valence-corrected chi connectivity index (χ2v) is 5.12. The highest BCUT2D eigenvalue weighted by molar-refractivity contribution is 5.97. The highest BCUT2D eigenvalue weighted by Crippen LogP contribution is 2.16. The molecular formula is C18H20N2O4. The number of ether oxygens (including phenoxy) is 2. The lowest BCUT2D eigenvalue weighted by Crippen LogP contribution is -2.30. The van der Waals surface area contributed by atoms with E-state index in [0.29, 0.717) is 23.5 Å². The minimum atomic E-state index is -0.929. The van der Waals surface area contributed by atoms with Crippen molar-refractivity contribution in [3.8, 4) is 5.75 Å². The minimum Gasteiger partial charge on any atom is -0.494 e. The van der Waals surface area contributed by atoms with Crippen molar-refractivity contribution in [1.29, 1.82) is 0 Å². The van der Waals surface area contributed by atoms with Crippen LogP contribution in [0.5, 0.6) is 5.75 Å². The molecule has 0 saturated carbocycles. The number of amides is 1. The number of carbonyl (C=O) groups excluding carboxylic acids is 2. The lowest BCUT2D eigenvalue weighted by Gasteiger charge is -2.14. The van der Waals surface area contributed by atoms with Gasteiger partial charge in [0.1, 0.15) is 5.75 Å². The Kier molecular flexibility index (Phi) is 5.78. The Morgan fingerprint density at radius 3 is 2.29 bits per heavy atom. The molecule has 0 bridgehead atoms. The van der Waals surface area contributed by atoms with E-state index in [0.717, 1.165) is 5.75 Å². The summed E-state index contributed by atoms with van der Waals surface area (Å²) in [5, 5.41) is 2.69. The van der Waals surface area contributed by atoms with Crippen molar-refractivity contribution in [2.75, 3.05) is 17.7 Å². The van der Waals surface area contributed by atoms with Crippen LogP contribution in [0.1, 0.15) is 24.2 Å². The van der Waals surface area contributed by atoms with Crippen molar-refractivity contribution < 1.29 is 19.1 Å². The largest absolute Gasteiger partial charge is 0.494 e. The molecule has 2 rings (SSSR count). The van der Waals surface area contributed by atoms with E-state index < -0.39 is 18.0 Å². The fourth-order valence-corrected chi connectivity index (χ4v) is 1.95. The molecule has 0 saturated heterocycles. The summed E-state index contributed by atoms with van der Waals surface area (Å²) < 4.78 is 10.5. The van der Waals surface area contributed by atoms with Crippen LogP contribution in [0.3, 0.4) is 0 Å². The number of hydrogen-bond acceptors (Lipinski definition) is 5. The van der Waals surface area contributed by atoms with E-state index in [-0.39, 0.29) is 0 Å². The summed E-state index contributed by atoms with van der Waals surface area (Å²) in [5.41, 5.74) is 7.05. The zero-order valence-corrected chi connectivity index (χ0v) is 13.6. The third kappa shape index (κ3) is 4.74. The summed E-state index contributed by atoms with van der Waals surface area (Å²) in [6.07, 6.45) is -0.929. The average Bonchev–Trinajstić information content (AvgIpc) is 2.57. The number of anilines is 2. The predicted octanol–water partition coefficient (Wildman–Crippen LogP) is 2.85. The molecule has 0 spiro atoms. The van der Waals surface area contributed by atoms with Gasteiger partial charge in [0.15, 0.2) is 6.10 Å². The summed E-state index contributed by atoms with van der Waals surface area (Å²) in [6, 6.07) is 13.2. The van der Waals surface area contributed by atoms with E-state index in [9.17, 15) is 9.59 Å². The second kappa shape index (κ2) is 8.01. The Morgan fingerprint density at radius 2 is 1.71 bits per heavy atom. The number of esters is 1. The summed E-state index contributed by atoms with van der Waals surface area (Å²) in [5.74, 6) is -0.273. The Labute approximate surface area is 140 Å². The zero-order chi connectivity index (χ0) is 17.5. The molecule has 126 valence electrons. The van der Waals surface area contributed by atoms with Gasteiger partial charge in [0, 0.05) is 11.4 Å². The molecule has 24 heavy (non-hydrogen) atoms. The number of rotatable bonds is 6. The van der Waals surface area contributed by atoms with Gasteiger partial charge in [-0.3, -0.25) is 4.79 Å². The highest BCUT2D eigenvalue weighted by Gasteiger charge is 2.19. The molecule has 2 aromatic rings. The third-order valence-electron chi connectivity index (χ3n) is 3.23. The maximum Gasteiger partial charge on any atom is 0.338 e. The molecule has 6 nitrogen and oxygen atoms in total. The smallest absolute Gasteiger partial charge is 0.338 e. The topological polar surface area (TPSA) is 90.6 Å². The molecule has 1 atom stereocenters. The molecule has 0 aliphatic rings. The van der Waals surface area contributed by atoms with Crippen LogP contribution >= 0.6 is 0 Å². The molecule has 1 unspecified atom stereocenters. The second-order valence-electron chi connectivity index (χ2n) is 5.12. The minimum absolute atomic E-state index is 0.338. The third-order valence-corrected chi connectivity index (χ3v) is 3.23. The number of nitrogens with two attached hydrogens (primary N) is 1. The van der Waals surface area contributed by atoms with Crippen LogP contribution in [0.2, 0.25) is 0 Å². The maximum atomic E-state index is 12.1. The first-order valence-corrected chi connectivity index (χ1v) is 7.60. The molecule has 0 aliphatic heterocycles. The quantitative estimate of drug-likeness (QED) is 0.628. The van der Waals surface area contributed by atoms with E-state index in [2.05, 4.69) is 5.32 Å². The van der Waals surface area contributed by atoms with Crippen molar-refractivity contribution in [2.45, 2.75) is 20.0 Å². The molecule has 1 amide bonds. The van der Waals surface area contributed by atoms with Crippen LogP contribution in [0.4, 0.5) is 11.4 Å². The highest BCUT2D eigenvalue weighted by atomic mass is 16.5. The van der Waals surface area contributed by atoms with Gasteiger partial charge < -0.3 is 20.5 Å². The summed E-state index contributed by atoms with van der Waals surface area (Å²) in [6.45, 7) is 3.98. The normalized spacial score (nSPS) is 11.4. The molecular weight excluding hydrogens is 308 g/mol. The van der Waals surface area contributed by atoms with Crippen molar-refractivity contribution in [2.24, 2.45) is 0 Å². The molecule has 0 fully saturated rings. The Morgan fingerprint density at radius 1 is 1.08 bits per heavy atom. The van der Waals surface area contributed by atoms with Gasteiger partial charge in [-0.05, 0) is 62.4 Å². The van der Waals surface area contributed by atoms with E-state index >= 15 is 0 Å². The van der Waals surface area contributed by atoms with Crippen molar-refractivity contribution >= 4 is 23.3 Å². The van der Waals surface area contributed by atoms with Crippen LogP contribution in [0.15, 0.2) is 48.5 Å². The summed E-state index contributed by atoms with van der Waals surface area (Å²) >= 11 is 0. The number of hydrogen-bond donors (Lipinski definition) is 2. The molecule has 2 aromatic carbocycles. The number of nitrogens with one attached hydrogen (secondary N) is 1. The van der Waals surface area contributed by atoms with Crippen LogP contribution in [0.25, 0.3) is 0 Å². The van der Waals surface area contributed by atoms with E-state index in [1.807, 2.05) is 6.92 Å². The van der Waals surface area contributed by atoms with Crippen molar-refractivity contribution in [3.63, 3.8) is 0 Å². The van der Waals surface area contributed by atoms with Crippen LogP contribution in [0, 0.1) is 0 Å². The summed E-state index contributed by atoms with van der Waals surface area (Å²) in [4.78, 5) is 24.1. The number of carbonyl (C=O) groups is 2. The van der Waals surface area contributed by atoms with E-state index in [1.165, 1.54) is 6.92 Å². The fraction of sp³-hybridized carbons (Fsp3) is 0.222. The fourth-order valence-electron chi connectivity index (χ4n) is 1.95. The van der Waals surface area contributed by atoms with E-state index in [4.69, 9.17) is 15.2 Å².